The van der Waals surface area contributed by atoms with Crippen LogP contribution in [0.2, 0.25) is 0 Å². The van der Waals surface area contributed by atoms with Crippen molar-refractivity contribution in [2.45, 2.75) is 53.0 Å². The van der Waals surface area contributed by atoms with E-state index in [0.717, 1.165) is 19.3 Å². The van der Waals surface area contributed by atoms with Gasteiger partial charge in [0.25, 0.3) is 0 Å². The van der Waals surface area contributed by atoms with Gasteiger partial charge in [-0.05, 0) is 19.3 Å². The Hall–Kier alpha value is -1.26. The Balaban J connectivity index is 3.97. The van der Waals surface area contributed by atoms with Crippen molar-refractivity contribution < 1.29 is 14.7 Å². The Morgan fingerprint density at radius 2 is 1.74 bits per heavy atom. The van der Waals surface area contributed by atoms with Crippen LogP contribution in [0.5, 0.6) is 0 Å². The number of urea groups is 1. The van der Waals surface area contributed by atoms with Crippen LogP contribution in [0.4, 0.5) is 4.79 Å². The minimum atomic E-state index is -0.885. The maximum atomic E-state index is 11.8. The molecule has 0 aliphatic rings. The van der Waals surface area contributed by atoms with Crippen molar-refractivity contribution in [1.29, 1.82) is 0 Å². The summed E-state index contributed by atoms with van der Waals surface area (Å²) in [6.45, 7) is 8.17. The lowest BCUT2D eigenvalue weighted by atomic mass is 10.0. The van der Waals surface area contributed by atoms with Crippen molar-refractivity contribution in [3.63, 3.8) is 0 Å². The SMILES string of the molecule is CC(C)CCCC(C)NC(=O)N(C)CC(C)C(=O)O. The first kappa shape index (κ1) is 17.7. The average Bonchev–Trinajstić information content (AvgIpc) is 2.27. The van der Waals surface area contributed by atoms with E-state index in [4.69, 9.17) is 5.11 Å². The zero-order chi connectivity index (χ0) is 15.0. The lowest BCUT2D eigenvalue weighted by Crippen LogP contribution is -2.44. The minimum absolute atomic E-state index is 0.119. The minimum Gasteiger partial charge on any atom is -0.481 e. The van der Waals surface area contributed by atoms with Gasteiger partial charge in [-0.3, -0.25) is 4.79 Å². The number of carbonyl (C=O) groups excluding carboxylic acids is 1. The molecule has 0 bridgehead atoms. The van der Waals surface area contributed by atoms with Gasteiger partial charge in [-0.2, -0.15) is 0 Å². The fourth-order valence-corrected chi connectivity index (χ4v) is 1.80. The lowest BCUT2D eigenvalue weighted by molar-refractivity contribution is -0.141. The van der Waals surface area contributed by atoms with Gasteiger partial charge in [0.05, 0.1) is 5.92 Å². The third-order valence-electron chi connectivity index (χ3n) is 3.10. The van der Waals surface area contributed by atoms with Gasteiger partial charge in [-0.25, -0.2) is 4.79 Å². The van der Waals surface area contributed by atoms with E-state index in [2.05, 4.69) is 19.2 Å². The van der Waals surface area contributed by atoms with E-state index in [1.54, 1.807) is 14.0 Å². The molecule has 0 radical (unpaired) electrons. The summed E-state index contributed by atoms with van der Waals surface area (Å²) in [7, 11) is 1.62. The van der Waals surface area contributed by atoms with Crippen LogP contribution in [0.1, 0.15) is 47.0 Å². The van der Waals surface area contributed by atoms with E-state index in [1.807, 2.05) is 6.92 Å². The van der Waals surface area contributed by atoms with Crippen molar-refractivity contribution in [2.75, 3.05) is 13.6 Å². The van der Waals surface area contributed by atoms with E-state index in [1.165, 1.54) is 4.90 Å². The fraction of sp³-hybridized carbons (Fsp3) is 0.857. The van der Waals surface area contributed by atoms with Gasteiger partial charge in [0.2, 0.25) is 0 Å². The molecule has 5 heteroatoms. The smallest absolute Gasteiger partial charge is 0.317 e. The summed E-state index contributed by atoms with van der Waals surface area (Å²) in [4.78, 5) is 24.0. The number of nitrogens with one attached hydrogen (secondary N) is 1. The van der Waals surface area contributed by atoms with E-state index in [-0.39, 0.29) is 18.6 Å². The van der Waals surface area contributed by atoms with Gasteiger partial charge in [-0.15, -0.1) is 0 Å². The predicted molar refractivity (Wildman–Crippen MR) is 76.1 cm³/mol. The third-order valence-corrected chi connectivity index (χ3v) is 3.10. The first-order valence-electron chi connectivity index (χ1n) is 6.98. The topological polar surface area (TPSA) is 69.6 Å². The number of rotatable bonds is 8. The Labute approximate surface area is 116 Å². The number of nitrogens with zero attached hydrogens (tertiary/aromatic N) is 1. The third kappa shape index (κ3) is 8.46. The first-order chi connectivity index (χ1) is 8.73. The van der Waals surface area contributed by atoms with Gasteiger partial charge >= 0.3 is 12.0 Å². The van der Waals surface area contributed by atoms with Crippen LogP contribution < -0.4 is 5.32 Å². The molecular weight excluding hydrogens is 244 g/mol. The highest BCUT2D eigenvalue weighted by atomic mass is 16.4. The summed E-state index contributed by atoms with van der Waals surface area (Å²) in [6.07, 6.45) is 3.20. The molecule has 0 aromatic heterocycles. The summed E-state index contributed by atoms with van der Waals surface area (Å²) in [5.41, 5.74) is 0. The summed E-state index contributed by atoms with van der Waals surface area (Å²) in [6, 6.07) is -0.0843. The summed E-state index contributed by atoms with van der Waals surface area (Å²) in [5, 5.41) is 11.7. The fourth-order valence-electron chi connectivity index (χ4n) is 1.80. The Morgan fingerprint density at radius 1 is 1.16 bits per heavy atom. The molecule has 0 aliphatic heterocycles. The van der Waals surface area contributed by atoms with Crippen LogP contribution >= 0.6 is 0 Å². The van der Waals surface area contributed by atoms with Crippen molar-refractivity contribution >= 4 is 12.0 Å². The van der Waals surface area contributed by atoms with Gasteiger partial charge < -0.3 is 15.3 Å². The van der Waals surface area contributed by atoms with E-state index in [9.17, 15) is 9.59 Å². The molecular formula is C14H28N2O3. The number of carboxylic acid groups (broad SMARTS) is 1. The van der Waals surface area contributed by atoms with Crippen molar-refractivity contribution in [2.24, 2.45) is 11.8 Å². The zero-order valence-electron chi connectivity index (χ0n) is 12.8. The Morgan fingerprint density at radius 3 is 2.21 bits per heavy atom. The average molecular weight is 272 g/mol. The van der Waals surface area contributed by atoms with E-state index in [0.29, 0.717) is 5.92 Å². The second kappa shape index (κ2) is 8.77. The van der Waals surface area contributed by atoms with Crippen LogP contribution in [-0.2, 0) is 4.79 Å². The highest BCUT2D eigenvalue weighted by molar-refractivity contribution is 5.75. The molecule has 2 amide bonds. The Kier molecular flexibility index (Phi) is 8.19. The largest absolute Gasteiger partial charge is 0.481 e. The van der Waals surface area contributed by atoms with Crippen molar-refractivity contribution in [3.8, 4) is 0 Å². The molecule has 2 unspecified atom stereocenters. The second-order valence-electron chi connectivity index (χ2n) is 5.80. The molecule has 112 valence electrons. The molecule has 0 spiro atoms. The zero-order valence-corrected chi connectivity index (χ0v) is 12.8. The molecule has 0 rings (SSSR count). The molecule has 2 N–H and O–H groups in total. The monoisotopic (exact) mass is 272 g/mol. The summed E-state index contributed by atoms with van der Waals surface area (Å²) >= 11 is 0. The molecule has 0 fully saturated rings. The van der Waals surface area contributed by atoms with Crippen molar-refractivity contribution in [1.82, 2.24) is 10.2 Å². The van der Waals surface area contributed by atoms with Crippen molar-refractivity contribution in [3.05, 3.63) is 0 Å². The molecule has 5 nitrogen and oxygen atoms in total. The van der Waals surface area contributed by atoms with E-state index < -0.39 is 11.9 Å². The number of hydrogen-bond acceptors (Lipinski definition) is 2. The summed E-state index contributed by atoms with van der Waals surface area (Å²) < 4.78 is 0. The summed E-state index contributed by atoms with van der Waals surface area (Å²) in [5.74, 6) is -0.751. The molecule has 19 heavy (non-hydrogen) atoms. The van der Waals surface area contributed by atoms with Crippen LogP contribution in [0.3, 0.4) is 0 Å². The maximum Gasteiger partial charge on any atom is 0.317 e. The van der Waals surface area contributed by atoms with E-state index >= 15 is 0 Å². The molecule has 0 saturated heterocycles. The van der Waals surface area contributed by atoms with Gasteiger partial charge in [0.1, 0.15) is 0 Å². The molecule has 0 aromatic rings. The Bertz CT molecular complexity index is 292. The van der Waals surface area contributed by atoms with Crippen LogP contribution in [-0.4, -0.2) is 41.6 Å². The molecule has 0 saturated carbocycles. The normalized spacial score (nSPS) is 14.0. The van der Waals surface area contributed by atoms with Gasteiger partial charge in [0, 0.05) is 19.6 Å². The first-order valence-corrected chi connectivity index (χ1v) is 6.98. The number of aliphatic carboxylic acids is 1. The van der Waals surface area contributed by atoms with Crippen LogP contribution in [0.25, 0.3) is 0 Å². The number of carbonyl (C=O) groups is 2. The van der Waals surface area contributed by atoms with Crippen LogP contribution in [0, 0.1) is 11.8 Å². The molecule has 0 heterocycles. The second-order valence-corrected chi connectivity index (χ2v) is 5.80. The number of carboxylic acids is 1. The predicted octanol–water partition coefficient (Wildman–Crippen LogP) is 2.56. The molecule has 2 atom stereocenters. The number of amides is 2. The lowest BCUT2D eigenvalue weighted by Gasteiger charge is -2.23. The molecule has 0 aromatic carbocycles. The standard InChI is InChI=1S/C14H28N2O3/c1-10(2)7-6-8-12(4)15-14(19)16(5)9-11(3)13(17)18/h10-12H,6-9H2,1-5H3,(H,15,19)(H,17,18). The van der Waals surface area contributed by atoms with Crippen LogP contribution in [0.15, 0.2) is 0 Å². The van der Waals surface area contributed by atoms with Gasteiger partial charge in [0.15, 0.2) is 0 Å². The highest BCUT2D eigenvalue weighted by Crippen LogP contribution is 2.08. The maximum absolute atomic E-state index is 11.8. The quantitative estimate of drug-likeness (QED) is 0.713. The molecule has 0 aliphatic carbocycles. The highest BCUT2D eigenvalue weighted by Gasteiger charge is 2.18. The number of hydrogen-bond donors (Lipinski definition) is 2. The van der Waals surface area contributed by atoms with Gasteiger partial charge in [-0.1, -0.05) is 33.6 Å².